The highest BCUT2D eigenvalue weighted by atomic mass is 79.9. The Hall–Kier alpha value is -0.960. The molecule has 0 saturated carbocycles. The van der Waals surface area contributed by atoms with Gasteiger partial charge in [-0.2, -0.15) is 0 Å². The van der Waals surface area contributed by atoms with Crippen LogP contribution >= 0.6 is 15.9 Å². The molecule has 0 spiro atoms. The molecule has 0 amide bonds. The summed E-state index contributed by atoms with van der Waals surface area (Å²) in [4.78, 5) is 0. The van der Waals surface area contributed by atoms with E-state index < -0.39 is 0 Å². The van der Waals surface area contributed by atoms with E-state index in [-0.39, 0.29) is 0 Å². The number of rotatable bonds is 4. The second-order valence-electron chi connectivity index (χ2n) is 3.66. The van der Waals surface area contributed by atoms with Gasteiger partial charge in [-0.3, -0.25) is 0 Å². The first-order valence-corrected chi connectivity index (χ1v) is 6.62. The maximum absolute atomic E-state index is 5.61. The van der Waals surface area contributed by atoms with Gasteiger partial charge in [0.15, 0.2) is 0 Å². The summed E-state index contributed by atoms with van der Waals surface area (Å²) in [5.41, 5.74) is 1.26. The van der Waals surface area contributed by atoms with Crippen molar-refractivity contribution in [2.24, 2.45) is 0 Å². The molecule has 0 bridgehead atoms. The van der Waals surface area contributed by atoms with Gasteiger partial charge in [-0.05, 0) is 36.6 Å². The van der Waals surface area contributed by atoms with Crippen LogP contribution in [0, 0.1) is 0 Å². The van der Waals surface area contributed by atoms with Crippen LogP contribution in [0.2, 0.25) is 0 Å². The van der Waals surface area contributed by atoms with Gasteiger partial charge in [0.1, 0.15) is 18.1 Å². The van der Waals surface area contributed by atoms with Gasteiger partial charge in [0.2, 0.25) is 0 Å². The van der Waals surface area contributed by atoms with Gasteiger partial charge in [0.25, 0.3) is 0 Å². The minimum Gasteiger partial charge on any atom is -0.493 e. The van der Waals surface area contributed by atoms with Crippen LogP contribution in [-0.2, 0) is 6.42 Å². The van der Waals surface area contributed by atoms with Gasteiger partial charge in [-0.25, -0.2) is 0 Å². The molecule has 0 aromatic heterocycles. The van der Waals surface area contributed by atoms with Crippen LogP contribution in [-0.4, -0.2) is 18.5 Å². The monoisotopic (exact) mass is 282 g/mol. The smallest absolute Gasteiger partial charge is 0.122 e. The predicted molar refractivity (Wildman–Crippen MR) is 68.7 cm³/mol. The maximum atomic E-state index is 5.61. The van der Waals surface area contributed by atoms with Crippen molar-refractivity contribution >= 4 is 15.9 Å². The van der Waals surface area contributed by atoms with Gasteiger partial charge in [0.05, 0.1) is 6.61 Å². The molecule has 1 aromatic rings. The summed E-state index contributed by atoms with van der Waals surface area (Å²) < 4.78 is 11.2. The zero-order chi connectivity index (χ0) is 11.2. The molecular weight excluding hydrogens is 268 g/mol. The number of benzene rings is 1. The van der Waals surface area contributed by atoms with Crippen molar-refractivity contribution in [3.63, 3.8) is 0 Å². The number of hydrogen-bond acceptors (Lipinski definition) is 2. The first-order valence-electron chi connectivity index (χ1n) is 5.49. The molecule has 0 saturated heterocycles. The number of hydrogen-bond donors (Lipinski definition) is 0. The van der Waals surface area contributed by atoms with Gasteiger partial charge in [-0.1, -0.05) is 28.1 Å². The van der Waals surface area contributed by atoms with E-state index in [0.717, 1.165) is 36.3 Å². The molecule has 2 nitrogen and oxygen atoms in total. The molecule has 0 fully saturated rings. The highest BCUT2D eigenvalue weighted by Gasteiger charge is 2.10. The Balaban J connectivity index is 1.97. The van der Waals surface area contributed by atoms with Crippen LogP contribution in [0.25, 0.3) is 0 Å². The molecule has 1 aliphatic heterocycles. The third-order valence-corrected chi connectivity index (χ3v) is 2.86. The van der Waals surface area contributed by atoms with Crippen molar-refractivity contribution in [2.75, 3.05) is 18.5 Å². The van der Waals surface area contributed by atoms with E-state index in [1.165, 1.54) is 5.56 Å². The topological polar surface area (TPSA) is 18.5 Å². The zero-order valence-electron chi connectivity index (χ0n) is 9.12. The third kappa shape index (κ3) is 3.01. The Labute approximate surface area is 104 Å². The quantitative estimate of drug-likeness (QED) is 0.623. The van der Waals surface area contributed by atoms with Crippen LogP contribution in [0.5, 0.6) is 11.5 Å². The molecule has 86 valence electrons. The van der Waals surface area contributed by atoms with Crippen molar-refractivity contribution in [1.29, 1.82) is 0 Å². The number of fused-ring (bicyclic) bond motifs is 1. The molecular formula is C13H15BrO2. The lowest BCUT2D eigenvalue weighted by Gasteiger charge is -2.17. The summed E-state index contributed by atoms with van der Waals surface area (Å²) in [6.07, 6.45) is 6.22. The lowest BCUT2D eigenvalue weighted by atomic mass is 10.1. The van der Waals surface area contributed by atoms with E-state index in [1.807, 2.05) is 24.3 Å². The van der Waals surface area contributed by atoms with Gasteiger partial charge >= 0.3 is 0 Å². The average Bonchev–Trinajstić information content (AvgIpc) is 2.34. The van der Waals surface area contributed by atoms with Crippen LogP contribution in [0.1, 0.15) is 12.0 Å². The molecule has 0 unspecified atom stereocenters. The average molecular weight is 283 g/mol. The number of ether oxygens (including phenoxy) is 2. The summed E-state index contributed by atoms with van der Waals surface area (Å²) in [5, 5.41) is 0.869. The van der Waals surface area contributed by atoms with E-state index in [2.05, 4.69) is 22.0 Å². The van der Waals surface area contributed by atoms with Crippen LogP contribution < -0.4 is 9.47 Å². The molecule has 1 aromatic carbocycles. The second-order valence-corrected chi connectivity index (χ2v) is 4.31. The molecule has 0 aliphatic carbocycles. The molecule has 0 N–H and O–H groups in total. The van der Waals surface area contributed by atoms with E-state index in [4.69, 9.17) is 9.47 Å². The third-order valence-electron chi connectivity index (χ3n) is 2.48. The fraction of sp³-hybridized carbons (Fsp3) is 0.385. The van der Waals surface area contributed by atoms with E-state index in [1.54, 1.807) is 0 Å². The van der Waals surface area contributed by atoms with Crippen molar-refractivity contribution in [1.82, 2.24) is 0 Å². The Morgan fingerprint density at radius 2 is 2.31 bits per heavy atom. The minimum absolute atomic E-state index is 0.616. The lowest BCUT2D eigenvalue weighted by Crippen LogP contribution is -2.08. The summed E-state index contributed by atoms with van der Waals surface area (Å²) in [6.45, 7) is 1.45. The summed E-state index contributed by atoms with van der Waals surface area (Å²) >= 11 is 3.33. The minimum atomic E-state index is 0.616. The predicted octanol–water partition coefficient (Wildman–Crippen LogP) is 3.34. The molecule has 2 rings (SSSR count). The maximum Gasteiger partial charge on any atom is 0.122 e. The Morgan fingerprint density at radius 3 is 3.19 bits per heavy atom. The van der Waals surface area contributed by atoms with Gasteiger partial charge in [0, 0.05) is 5.33 Å². The number of alkyl halides is 1. The first-order chi connectivity index (χ1) is 7.90. The Bertz CT molecular complexity index is 374. The second kappa shape index (κ2) is 5.94. The zero-order valence-corrected chi connectivity index (χ0v) is 10.7. The van der Waals surface area contributed by atoms with E-state index in [0.29, 0.717) is 6.61 Å². The van der Waals surface area contributed by atoms with Crippen LogP contribution in [0.3, 0.4) is 0 Å². The van der Waals surface area contributed by atoms with Crippen LogP contribution in [0.4, 0.5) is 0 Å². The standard InChI is InChI=1S/C13H15BrO2/c14-7-1-2-8-15-12-5-6-13-11(10-12)4-3-9-16-13/h1-2,5-6,10H,3-4,7-9H2. The largest absolute Gasteiger partial charge is 0.493 e. The Morgan fingerprint density at radius 1 is 1.38 bits per heavy atom. The Kier molecular flexibility index (Phi) is 4.28. The van der Waals surface area contributed by atoms with E-state index >= 15 is 0 Å². The van der Waals surface area contributed by atoms with Crippen molar-refractivity contribution < 1.29 is 9.47 Å². The summed E-state index contributed by atoms with van der Waals surface area (Å²) in [6, 6.07) is 6.04. The fourth-order valence-corrected chi connectivity index (χ4v) is 1.97. The highest BCUT2D eigenvalue weighted by Crippen LogP contribution is 2.28. The fourth-order valence-electron chi connectivity index (χ4n) is 1.70. The summed E-state index contributed by atoms with van der Waals surface area (Å²) in [7, 11) is 0. The van der Waals surface area contributed by atoms with Crippen molar-refractivity contribution in [3.8, 4) is 11.5 Å². The van der Waals surface area contributed by atoms with Crippen molar-refractivity contribution in [3.05, 3.63) is 35.9 Å². The van der Waals surface area contributed by atoms with Crippen LogP contribution in [0.15, 0.2) is 30.4 Å². The van der Waals surface area contributed by atoms with Gasteiger partial charge in [-0.15, -0.1) is 0 Å². The molecule has 0 atom stereocenters. The first kappa shape index (κ1) is 11.5. The number of aryl methyl sites for hydroxylation is 1. The molecule has 1 heterocycles. The molecule has 16 heavy (non-hydrogen) atoms. The number of allylic oxidation sites excluding steroid dienone is 1. The SMILES string of the molecule is BrCC=CCOc1ccc2c(c1)CCCO2. The normalized spacial score (nSPS) is 14.6. The lowest BCUT2D eigenvalue weighted by molar-refractivity contribution is 0.286. The molecule has 3 heteroatoms. The van der Waals surface area contributed by atoms with Crippen molar-refractivity contribution in [2.45, 2.75) is 12.8 Å². The number of halogens is 1. The molecule has 0 radical (unpaired) electrons. The van der Waals surface area contributed by atoms with Gasteiger partial charge < -0.3 is 9.47 Å². The van der Waals surface area contributed by atoms with E-state index in [9.17, 15) is 0 Å². The summed E-state index contributed by atoms with van der Waals surface area (Å²) in [5.74, 6) is 1.93. The highest BCUT2D eigenvalue weighted by molar-refractivity contribution is 9.09. The molecule has 1 aliphatic rings.